The van der Waals surface area contributed by atoms with Crippen LogP contribution in [0.4, 0.5) is 5.69 Å². The second kappa shape index (κ2) is 7.89. The maximum atomic E-state index is 12.5. The first kappa shape index (κ1) is 18.4. The maximum Gasteiger partial charge on any atom is 0.252 e. The number of hydrogen-bond donors (Lipinski definition) is 2. The van der Waals surface area contributed by atoms with Crippen molar-refractivity contribution in [2.24, 2.45) is 0 Å². The number of amides is 1. The lowest BCUT2D eigenvalue weighted by Gasteiger charge is -2.29. The van der Waals surface area contributed by atoms with E-state index in [1.807, 2.05) is 48.5 Å². The Bertz CT molecular complexity index is 873. The van der Waals surface area contributed by atoms with E-state index in [-0.39, 0.29) is 5.91 Å². The lowest BCUT2D eigenvalue weighted by molar-refractivity contribution is 0.0943. The van der Waals surface area contributed by atoms with Gasteiger partial charge in [-0.3, -0.25) is 4.79 Å². The highest BCUT2D eigenvalue weighted by molar-refractivity contribution is 9.39. The molecule has 2 N–H and O–H groups in total. The van der Waals surface area contributed by atoms with E-state index >= 15 is 0 Å². The number of alkyl halides is 3. The fourth-order valence-corrected chi connectivity index (χ4v) is 3.20. The number of nitrogens with one attached hydrogen (secondary N) is 2. The van der Waals surface area contributed by atoms with Crippen LogP contribution in [0.15, 0.2) is 72.8 Å². The Morgan fingerprint density at radius 2 is 1.48 bits per heavy atom. The predicted molar refractivity (Wildman–Crippen MR) is 115 cm³/mol. The molecule has 3 rings (SSSR count). The fourth-order valence-electron chi connectivity index (χ4n) is 2.51. The van der Waals surface area contributed by atoms with Crippen LogP contribution in [0, 0.1) is 0 Å². The van der Waals surface area contributed by atoms with Gasteiger partial charge in [-0.25, -0.2) is 0 Å². The fraction of sp³-hybridized carbons (Fsp3) is 0.105. The molecule has 0 unspecified atom stereocenters. The molecule has 0 heterocycles. The molecule has 0 aliphatic rings. The van der Waals surface area contributed by atoms with Gasteiger partial charge < -0.3 is 10.6 Å². The van der Waals surface area contributed by atoms with Gasteiger partial charge in [0.05, 0.1) is 0 Å². The van der Waals surface area contributed by atoms with E-state index in [1.54, 1.807) is 12.1 Å². The van der Waals surface area contributed by atoms with Gasteiger partial charge in [-0.2, -0.15) is 0 Å². The summed E-state index contributed by atoms with van der Waals surface area (Å²) in [5.41, 5.74) is 1.53. The van der Waals surface area contributed by atoms with Gasteiger partial charge in [-0.05, 0) is 23.6 Å². The Labute approximate surface area is 171 Å². The monoisotopic (exact) mass is 524 g/mol. The van der Waals surface area contributed by atoms with Gasteiger partial charge in [0.2, 0.25) is 0 Å². The van der Waals surface area contributed by atoms with Crippen LogP contribution >= 0.6 is 47.8 Å². The molecule has 6 heteroatoms. The third-order valence-corrected chi connectivity index (χ3v) is 5.10. The molecule has 0 aliphatic heterocycles. The van der Waals surface area contributed by atoms with Gasteiger partial charge in [-0.15, -0.1) is 0 Å². The van der Waals surface area contributed by atoms with Crippen LogP contribution in [0.3, 0.4) is 0 Å². The lowest BCUT2D eigenvalue weighted by Crippen LogP contribution is -2.48. The van der Waals surface area contributed by atoms with Gasteiger partial charge in [0.15, 0.2) is 2.14 Å². The molecule has 1 atom stereocenters. The van der Waals surface area contributed by atoms with Crippen molar-refractivity contribution in [3.63, 3.8) is 0 Å². The number of fused-ring (bicyclic) bond motifs is 1. The molecule has 1 amide bonds. The number of anilines is 1. The zero-order valence-corrected chi connectivity index (χ0v) is 17.8. The first-order valence-electron chi connectivity index (χ1n) is 7.62. The first-order valence-corrected chi connectivity index (χ1v) is 10.00. The first-order chi connectivity index (χ1) is 11.9. The van der Waals surface area contributed by atoms with E-state index in [1.165, 1.54) is 0 Å². The molecular formula is C19H15Br3N2O. The molecular weight excluding hydrogens is 512 g/mol. The molecule has 128 valence electrons. The van der Waals surface area contributed by atoms with Crippen molar-refractivity contribution in [2.45, 2.75) is 8.31 Å². The third kappa shape index (κ3) is 4.63. The number of halogens is 3. The number of benzene rings is 3. The Morgan fingerprint density at radius 3 is 2.20 bits per heavy atom. The minimum Gasteiger partial charge on any atom is -0.362 e. The van der Waals surface area contributed by atoms with Gasteiger partial charge in [0.1, 0.15) is 6.17 Å². The van der Waals surface area contributed by atoms with Crippen LogP contribution in [-0.2, 0) is 0 Å². The Balaban J connectivity index is 1.88. The Kier molecular flexibility index (Phi) is 5.81. The molecule has 3 nitrogen and oxygen atoms in total. The summed E-state index contributed by atoms with van der Waals surface area (Å²) in [7, 11) is 0. The summed E-state index contributed by atoms with van der Waals surface area (Å²) >= 11 is 10.6. The Morgan fingerprint density at radius 1 is 0.840 bits per heavy atom. The highest BCUT2D eigenvalue weighted by Gasteiger charge is 2.32. The molecule has 25 heavy (non-hydrogen) atoms. The number of carbonyl (C=O) groups excluding carboxylic acids is 1. The van der Waals surface area contributed by atoms with Crippen LogP contribution in [0.2, 0.25) is 0 Å². The van der Waals surface area contributed by atoms with E-state index in [0.29, 0.717) is 5.56 Å². The topological polar surface area (TPSA) is 41.1 Å². The number of hydrogen-bond acceptors (Lipinski definition) is 2. The average molecular weight is 527 g/mol. The summed E-state index contributed by atoms with van der Waals surface area (Å²) < 4.78 is -0.714. The zero-order valence-electron chi connectivity index (χ0n) is 13.0. The van der Waals surface area contributed by atoms with Crippen molar-refractivity contribution in [1.29, 1.82) is 0 Å². The molecule has 3 aromatic carbocycles. The molecule has 0 bridgehead atoms. The van der Waals surface area contributed by atoms with E-state index in [2.05, 4.69) is 70.6 Å². The Hall–Kier alpha value is -1.37. The van der Waals surface area contributed by atoms with Crippen molar-refractivity contribution >= 4 is 70.2 Å². The number of carbonyl (C=O) groups is 1. The minimum absolute atomic E-state index is 0.166. The molecule has 0 aliphatic carbocycles. The van der Waals surface area contributed by atoms with Crippen LogP contribution in [0.5, 0.6) is 0 Å². The maximum absolute atomic E-state index is 12.5. The second-order valence-electron chi connectivity index (χ2n) is 5.49. The van der Waals surface area contributed by atoms with Gasteiger partial charge in [-0.1, -0.05) is 102 Å². The summed E-state index contributed by atoms with van der Waals surface area (Å²) in [6.45, 7) is 0. The summed E-state index contributed by atoms with van der Waals surface area (Å²) in [4.78, 5) is 12.5. The van der Waals surface area contributed by atoms with E-state index in [4.69, 9.17) is 0 Å². The van der Waals surface area contributed by atoms with Crippen LogP contribution in [0.1, 0.15) is 10.4 Å². The largest absolute Gasteiger partial charge is 0.362 e. The summed E-state index contributed by atoms with van der Waals surface area (Å²) in [6.07, 6.45) is -0.453. The standard InChI is InChI=1S/C19H15Br3N2O/c20-19(21,22)18(24-17(25)14-8-2-1-3-9-14)23-16-12-6-10-13-7-4-5-11-15(13)16/h1-12,18,23H,(H,24,25)/t18-/m1/s1. The van der Waals surface area contributed by atoms with Crippen LogP contribution < -0.4 is 10.6 Å². The molecule has 0 saturated heterocycles. The molecule has 0 saturated carbocycles. The molecule has 0 aromatic heterocycles. The zero-order chi connectivity index (χ0) is 17.9. The highest BCUT2D eigenvalue weighted by atomic mass is 80.0. The predicted octanol–water partition coefficient (Wildman–Crippen LogP) is 5.85. The number of rotatable bonds is 4. The lowest BCUT2D eigenvalue weighted by atomic mass is 10.1. The van der Waals surface area contributed by atoms with Crippen molar-refractivity contribution in [3.05, 3.63) is 78.4 Å². The van der Waals surface area contributed by atoms with E-state index < -0.39 is 8.31 Å². The third-order valence-electron chi connectivity index (χ3n) is 3.73. The summed E-state index contributed by atoms with van der Waals surface area (Å²) in [5, 5.41) is 8.60. The normalized spacial score (nSPS) is 12.6. The molecule has 0 spiro atoms. The van der Waals surface area contributed by atoms with Gasteiger partial charge in [0.25, 0.3) is 5.91 Å². The van der Waals surface area contributed by atoms with Gasteiger partial charge in [0, 0.05) is 16.6 Å². The smallest absolute Gasteiger partial charge is 0.252 e. The van der Waals surface area contributed by atoms with Crippen LogP contribution in [0.25, 0.3) is 10.8 Å². The molecule has 3 aromatic rings. The van der Waals surface area contributed by atoms with Crippen LogP contribution in [-0.4, -0.2) is 14.2 Å². The van der Waals surface area contributed by atoms with Gasteiger partial charge >= 0.3 is 0 Å². The quantitative estimate of drug-likeness (QED) is 0.331. The van der Waals surface area contributed by atoms with E-state index in [0.717, 1.165) is 16.5 Å². The van der Waals surface area contributed by atoms with Crippen molar-refractivity contribution < 1.29 is 4.79 Å². The van der Waals surface area contributed by atoms with Crippen molar-refractivity contribution in [3.8, 4) is 0 Å². The minimum atomic E-state index is -0.714. The SMILES string of the molecule is O=C(N[C@@H](Nc1cccc2ccccc12)C(Br)(Br)Br)c1ccccc1. The van der Waals surface area contributed by atoms with Crippen molar-refractivity contribution in [2.75, 3.05) is 5.32 Å². The molecule has 0 fully saturated rings. The van der Waals surface area contributed by atoms with E-state index in [9.17, 15) is 4.79 Å². The highest BCUT2D eigenvalue weighted by Crippen LogP contribution is 2.38. The molecule has 0 radical (unpaired) electrons. The van der Waals surface area contributed by atoms with Crippen molar-refractivity contribution in [1.82, 2.24) is 5.32 Å². The summed E-state index contributed by atoms with van der Waals surface area (Å²) in [5.74, 6) is -0.166. The second-order valence-corrected chi connectivity index (χ2v) is 12.4. The average Bonchev–Trinajstić information content (AvgIpc) is 2.61. The summed E-state index contributed by atoms with van der Waals surface area (Å²) in [6, 6.07) is 23.3.